The monoisotopic (exact) mass is 390 g/mol. The molecule has 2 aromatic heterocycles. The van der Waals surface area contributed by atoms with Gasteiger partial charge >= 0.3 is 0 Å². The van der Waals surface area contributed by atoms with Crippen LogP contribution in [0.4, 0.5) is 17.8 Å². The first kappa shape index (κ1) is 19.2. The maximum absolute atomic E-state index is 4.61. The van der Waals surface area contributed by atoms with E-state index in [0.717, 1.165) is 50.4 Å². The van der Waals surface area contributed by atoms with E-state index < -0.39 is 0 Å². The van der Waals surface area contributed by atoms with E-state index in [9.17, 15) is 0 Å². The lowest BCUT2D eigenvalue weighted by molar-refractivity contribution is 0.311. The molecule has 150 valence electrons. The van der Waals surface area contributed by atoms with Gasteiger partial charge in [0.2, 0.25) is 17.8 Å². The van der Waals surface area contributed by atoms with Crippen LogP contribution in [0.1, 0.15) is 23.9 Å². The van der Waals surface area contributed by atoms with Gasteiger partial charge in [-0.15, -0.1) is 0 Å². The molecular weight excluding hydrogens is 364 g/mol. The molecule has 0 aliphatic carbocycles. The van der Waals surface area contributed by atoms with Crippen molar-refractivity contribution in [2.24, 2.45) is 0 Å². The Labute approximate surface area is 171 Å². The summed E-state index contributed by atoms with van der Waals surface area (Å²) in [5, 5.41) is 3.14. The Bertz CT molecular complexity index is 921. The number of hydrogen-bond acceptors (Lipinski definition) is 8. The molecule has 3 aromatic rings. The summed E-state index contributed by atoms with van der Waals surface area (Å²) in [5.74, 6) is 2.45. The molecule has 3 heterocycles. The van der Waals surface area contributed by atoms with Crippen LogP contribution >= 0.6 is 0 Å². The van der Waals surface area contributed by atoms with Crippen LogP contribution in [0.5, 0.6) is 0 Å². The summed E-state index contributed by atoms with van der Waals surface area (Å²) in [5.41, 5.74) is 2.29. The Hall–Kier alpha value is -3.13. The third-order valence-electron chi connectivity index (χ3n) is 4.95. The molecule has 0 unspecified atom stereocenters. The van der Waals surface area contributed by atoms with Crippen molar-refractivity contribution < 1.29 is 0 Å². The van der Waals surface area contributed by atoms with E-state index in [1.807, 2.05) is 37.5 Å². The normalized spacial score (nSPS) is 14.8. The Kier molecular flexibility index (Phi) is 5.90. The predicted molar refractivity (Wildman–Crippen MR) is 113 cm³/mol. The number of aromatic nitrogens is 5. The quantitative estimate of drug-likeness (QED) is 0.687. The minimum absolute atomic E-state index is 0.486. The molecule has 1 aliphatic heterocycles. The average Bonchev–Trinajstić information content (AvgIpc) is 2.76. The first-order valence-electron chi connectivity index (χ1n) is 10.00. The van der Waals surface area contributed by atoms with E-state index in [1.54, 1.807) is 0 Å². The predicted octanol–water partition coefficient (Wildman–Crippen LogP) is 2.31. The summed E-state index contributed by atoms with van der Waals surface area (Å²) in [6, 6.07) is 10.3. The first-order valence-corrected chi connectivity index (χ1v) is 10.00. The summed E-state index contributed by atoms with van der Waals surface area (Å²) in [7, 11) is 2.13. The molecule has 1 fully saturated rings. The maximum atomic E-state index is 4.61. The number of rotatable bonds is 6. The number of anilines is 3. The van der Waals surface area contributed by atoms with Gasteiger partial charge in [0, 0.05) is 51.4 Å². The molecule has 0 saturated carbocycles. The topological polar surface area (TPSA) is 83.0 Å². The highest BCUT2D eigenvalue weighted by Gasteiger charge is 2.18. The fraction of sp³-hybridized carbons (Fsp3) is 0.381. The Morgan fingerprint density at radius 1 is 0.862 bits per heavy atom. The van der Waals surface area contributed by atoms with E-state index in [1.165, 1.54) is 5.56 Å². The van der Waals surface area contributed by atoms with Crippen molar-refractivity contribution in [2.45, 2.75) is 19.8 Å². The van der Waals surface area contributed by atoms with E-state index in [4.69, 9.17) is 0 Å². The fourth-order valence-corrected chi connectivity index (χ4v) is 3.21. The van der Waals surface area contributed by atoms with Crippen molar-refractivity contribution >= 4 is 17.8 Å². The number of likely N-dealkylation sites (N-methyl/N-ethyl adjacent to an activating group) is 1. The van der Waals surface area contributed by atoms with Gasteiger partial charge in [0.1, 0.15) is 5.82 Å². The molecule has 0 bridgehead atoms. The van der Waals surface area contributed by atoms with Crippen LogP contribution in [0.2, 0.25) is 0 Å². The molecule has 0 atom stereocenters. The van der Waals surface area contributed by atoms with Crippen LogP contribution in [0.15, 0.2) is 42.7 Å². The SMILES string of the molecule is CCc1nc(Nc2ncc(Cc3ccccc3)cn2)nc(N2CCN(C)CC2)n1. The zero-order chi connectivity index (χ0) is 20.1. The lowest BCUT2D eigenvalue weighted by atomic mass is 10.1. The smallest absolute Gasteiger partial charge is 0.234 e. The number of piperazine rings is 1. The molecule has 0 spiro atoms. The second-order valence-electron chi connectivity index (χ2n) is 7.22. The zero-order valence-corrected chi connectivity index (χ0v) is 16.9. The summed E-state index contributed by atoms with van der Waals surface area (Å²) in [6.07, 6.45) is 5.23. The Morgan fingerprint density at radius 2 is 1.59 bits per heavy atom. The molecule has 1 aromatic carbocycles. The van der Waals surface area contributed by atoms with Crippen molar-refractivity contribution in [3.05, 3.63) is 59.7 Å². The molecule has 0 amide bonds. The fourth-order valence-electron chi connectivity index (χ4n) is 3.21. The Balaban J connectivity index is 1.47. The van der Waals surface area contributed by atoms with Crippen molar-refractivity contribution in [1.82, 2.24) is 29.8 Å². The molecule has 8 heteroatoms. The van der Waals surface area contributed by atoms with Gasteiger partial charge in [-0.2, -0.15) is 15.0 Å². The van der Waals surface area contributed by atoms with Crippen molar-refractivity contribution in [3.63, 3.8) is 0 Å². The number of aryl methyl sites for hydroxylation is 1. The average molecular weight is 390 g/mol. The third kappa shape index (κ3) is 5.03. The first-order chi connectivity index (χ1) is 14.2. The summed E-state index contributed by atoms with van der Waals surface area (Å²) >= 11 is 0. The molecule has 1 saturated heterocycles. The van der Waals surface area contributed by atoms with Gasteiger partial charge in [0.15, 0.2) is 0 Å². The molecule has 1 N–H and O–H groups in total. The van der Waals surface area contributed by atoms with E-state index in [0.29, 0.717) is 17.8 Å². The van der Waals surface area contributed by atoms with Gasteiger partial charge in [-0.25, -0.2) is 9.97 Å². The van der Waals surface area contributed by atoms with E-state index in [-0.39, 0.29) is 0 Å². The Morgan fingerprint density at radius 3 is 2.28 bits per heavy atom. The van der Waals surface area contributed by atoms with Crippen LogP contribution in [0.3, 0.4) is 0 Å². The van der Waals surface area contributed by atoms with Crippen LogP contribution in [0.25, 0.3) is 0 Å². The molecule has 29 heavy (non-hydrogen) atoms. The standard InChI is InChI=1S/C21H26N8/c1-3-18-24-20(27-21(25-18)29-11-9-28(2)10-12-29)26-19-22-14-17(15-23-19)13-16-7-5-4-6-8-16/h4-8,14-15H,3,9-13H2,1-2H3,(H,22,23,24,25,26,27). The van der Waals surface area contributed by atoms with Crippen molar-refractivity contribution in [1.29, 1.82) is 0 Å². The lowest BCUT2D eigenvalue weighted by Crippen LogP contribution is -2.45. The van der Waals surface area contributed by atoms with Crippen LogP contribution < -0.4 is 10.2 Å². The third-order valence-corrected chi connectivity index (χ3v) is 4.95. The summed E-state index contributed by atoms with van der Waals surface area (Å²) in [4.78, 5) is 27.1. The van der Waals surface area contributed by atoms with Crippen LogP contribution in [-0.4, -0.2) is 63.0 Å². The molecule has 4 rings (SSSR count). The summed E-state index contributed by atoms with van der Waals surface area (Å²) in [6.45, 7) is 5.87. The van der Waals surface area contributed by atoms with Gasteiger partial charge in [-0.1, -0.05) is 37.3 Å². The highest BCUT2D eigenvalue weighted by Crippen LogP contribution is 2.16. The minimum atomic E-state index is 0.486. The van der Waals surface area contributed by atoms with E-state index in [2.05, 4.69) is 59.2 Å². The van der Waals surface area contributed by atoms with E-state index >= 15 is 0 Å². The van der Waals surface area contributed by atoms with Crippen LogP contribution in [-0.2, 0) is 12.8 Å². The molecule has 0 radical (unpaired) electrons. The molecular formula is C21H26N8. The maximum Gasteiger partial charge on any atom is 0.234 e. The van der Waals surface area contributed by atoms with Gasteiger partial charge in [0.25, 0.3) is 0 Å². The molecule has 1 aliphatic rings. The van der Waals surface area contributed by atoms with Gasteiger partial charge in [-0.3, -0.25) is 5.32 Å². The summed E-state index contributed by atoms with van der Waals surface area (Å²) < 4.78 is 0. The highest BCUT2D eigenvalue weighted by atomic mass is 15.3. The highest BCUT2D eigenvalue weighted by molar-refractivity contribution is 5.46. The van der Waals surface area contributed by atoms with Gasteiger partial charge in [0.05, 0.1) is 0 Å². The van der Waals surface area contributed by atoms with Gasteiger partial charge in [-0.05, 0) is 18.2 Å². The lowest BCUT2D eigenvalue weighted by Gasteiger charge is -2.32. The van der Waals surface area contributed by atoms with Crippen LogP contribution in [0, 0.1) is 0 Å². The largest absolute Gasteiger partial charge is 0.338 e. The molecule has 8 nitrogen and oxygen atoms in total. The number of benzene rings is 1. The second-order valence-corrected chi connectivity index (χ2v) is 7.22. The zero-order valence-electron chi connectivity index (χ0n) is 16.9. The van der Waals surface area contributed by atoms with Crippen molar-refractivity contribution in [2.75, 3.05) is 43.4 Å². The second kappa shape index (κ2) is 8.91. The minimum Gasteiger partial charge on any atom is -0.338 e. The number of nitrogens with zero attached hydrogens (tertiary/aromatic N) is 7. The van der Waals surface area contributed by atoms with Gasteiger partial charge < -0.3 is 9.80 Å². The number of nitrogens with one attached hydrogen (secondary N) is 1. The van der Waals surface area contributed by atoms with Crippen molar-refractivity contribution in [3.8, 4) is 0 Å². The number of hydrogen-bond donors (Lipinski definition) is 1.